The number of rotatable bonds is 3. The molecule has 0 saturated carbocycles. The molecule has 2 aromatic carbocycles. The van der Waals surface area contributed by atoms with Crippen LogP contribution in [0.3, 0.4) is 0 Å². The Morgan fingerprint density at radius 2 is 1.73 bits per heavy atom. The number of fused-ring (bicyclic) bond motifs is 2. The Hall–Kier alpha value is -3.16. The molecule has 33 heavy (non-hydrogen) atoms. The fraction of sp³-hybridized carbons (Fsp3) is 0.111. The van der Waals surface area contributed by atoms with E-state index in [1.54, 1.807) is 12.1 Å². The number of aromatic nitrogens is 4. The van der Waals surface area contributed by atoms with Crippen LogP contribution in [-0.4, -0.2) is 41.0 Å². The summed E-state index contributed by atoms with van der Waals surface area (Å²) in [4.78, 5) is 25.1. The quantitative estimate of drug-likeness (QED) is 0.315. The minimum absolute atomic E-state index is 0.0197. The van der Waals surface area contributed by atoms with E-state index in [2.05, 4.69) is 24.1 Å². The van der Waals surface area contributed by atoms with Gasteiger partial charge in [-0.25, -0.2) is 15.0 Å². The molecule has 4 aromatic rings. The number of halogens is 5. The molecule has 0 aliphatic heterocycles. The Labute approximate surface area is 193 Å². The van der Waals surface area contributed by atoms with Crippen molar-refractivity contribution in [3.63, 3.8) is 0 Å². The van der Waals surface area contributed by atoms with E-state index in [9.17, 15) is 26.4 Å². The summed E-state index contributed by atoms with van der Waals surface area (Å²) in [6.07, 6.45) is 1.21. The van der Waals surface area contributed by atoms with Crippen molar-refractivity contribution in [3.8, 4) is 11.6 Å². The number of nitrogens with one attached hydrogen (secondary N) is 1. The van der Waals surface area contributed by atoms with Crippen LogP contribution >= 0.6 is 23.2 Å². The lowest BCUT2D eigenvalue weighted by Crippen LogP contribution is -2.28. The number of alkyl halides is 3. The number of aromatic amines is 1. The number of benzene rings is 2. The highest BCUT2D eigenvalue weighted by molar-refractivity contribution is 7.88. The van der Waals surface area contributed by atoms with Gasteiger partial charge in [0, 0.05) is 0 Å². The standard InChI is InChI=1S/C10H6ClF3N2O4S.C8H5ClN2O/c1-19-7-4-15-6-3-2-5(11)9(8(6)16-7)20-21(17,18)10(12,13)14;9-7-8(12)11-6-4-2-1-3-5(6)10-7/h2-4H,1H3;1-4H,(H,11,12). The third-order valence-corrected chi connectivity index (χ3v) is 5.35. The molecule has 1 N–H and O–H groups in total. The average molecular weight is 523 g/mol. The molecule has 0 aliphatic carbocycles. The highest BCUT2D eigenvalue weighted by Crippen LogP contribution is 2.36. The molecule has 0 atom stereocenters. The van der Waals surface area contributed by atoms with Gasteiger partial charge < -0.3 is 13.9 Å². The van der Waals surface area contributed by atoms with Crippen LogP contribution in [-0.2, 0) is 10.1 Å². The van der Waals surface area contributed by atoms with Gasteiger partial charge in [-0.2, -0.15) is 21.6 Å². The second-order valence-corrected chi connectivity index (χ2v) is 8.32. The highest BCUT2D eigenvalue weighted by atomic mass is 35.5. The van der Waals surface area contributed by atoms with Crippen LogP contribution in [0.25, 0.3) is 22.1 Å². The number of ether oxygens (including phenoxy) is 1. The Bertz CT molecular complexity index is 1500. The van der Waals surface area contributed by atoms with Gasteiger partial charge in [0.2, 0.25) is 5.88 Å². The lowest BCUT2D eigenvalue weighted by molar-refractivity contribution is -0.0499. The zero-order valence-electron chi connectivity index (χ0n) is 16.2. The summed E-state index contributed by atoms with van der Waals surface area (Å²) in [5, 5.41) is -0.383. The summed E-state index contributed by atoms with van der Waals surface area (Å²) >= 11 is 11.2. The van der Waals surface area contributed by atoms with E-state index >= 15 is 0 Å². The molecule has 0 saturated heterocycles. The van der Waals surface area contributed by atoms with Gasteiger partial charge in [-0.15, -0.1) is 0 Å². The molecule has 0 spiro atoms. The normalized spacial score (nSPS) is 11.7. The minimum Gasteiger partial charge on any atom is -0.480 e. The number of methoxy groups -OCH3 is 1. The van der Waals surface area contributed by atoms with Crippen LogP contribution in [0.2, 0.25) is 10.2 Å². The molecular weight excluding hydrogens is 512 g/mol. The van der Waals surface area contributed by atoms with Gasteiger partial charge in [0.15, 0.2) is 10.9 Å². The first-order valence-electron chi connectivity index (χ1n) is 8.57. The summed E-state index contributed by atoms with van der Waals surface area (Å²) in [6.45, 7) is 0. The van der Waals surface area contributed by atoms with Gasteiger partial charge in [-0.1, -0.05) is 35.3 Å². The number of H-pyrrole nitrogens is 1. The first-order valence-corrected chi connectivity index (χ1v) is 10.7. The zero-order chi connectivity index (χ0) is 24.4. The second kappa shape index (κ2) is 9.37. The topological polar surface area (TPSA) is 124 Å². The Kier molecular flexibility index (Phi) is 6.95. The van der Waals surface area contributed by atoms with Crippen molar-refractivity contribution in [1.29, 1.82) is 0 Å². The molecule has 0 radical (unpaired) electrons. The van der Waals surface area contributed by atoms with E-state index in [1.807, 2.05) is 12.1 Å². The van der Waals surface area contributed by atoms with Crippen molar-refractivity contribution in [1.82, 2.24) is 19.9 Å². The van der Waals surface area contributed by atoms with Crippen molar-refractivity contribution in [2.24, 2.45) is 0 Å². The van der Waals surface area contributed by atoms with Gasteiger partial charge in [0.05, 0.1) is 34.9 Å². The third kappa shape index (κ3) is 5.43. The van der Waals surface area contributed by atoms with Crippen LogP contribution in [0, 0.1) is 0 Å². The van der Waals surface area contributed by atoms with E-state index in [0.29, 0.717) is 11.0 Å². The fourth-order valence-electron chi connectivity index (χ4n) is 2.35. The molecule has 2 aromatic heterocycles. The molecule has 174 valence electrons. The van der Waals surface area contributed by atoms with Crippen molar-refractivity contribution in [2.45, 2.75) is 5.51 Å². The van der Waals surface area contributed by atoms with E-state index in [0.717, 1.165) is 6.07 Å². The Morgan fingerprint density at radius 3 is 2.39 bits per heavy atom. The molecule has 2 heterocycles. The molecule has 0 unspecified atom stereocenters. The van der Waals surface area contributed by atoms with E-state index < -0.39 is 21.4 Å². The van der Waals surface area contributed by atoms with Gasteiger partial charge in [-0.3, -0.25) is 4.79 Å². The van der Waals surface area contributed by atoms with Crippen molar-refractivity contribution in [3.05, 3.63) is 63.1 Å². The summed E-state index contributed by atoms with van der Waals surface area (Å²) in [7, 11) is -4.62. The monoisotopic (exact) mass is 522 g/mol. The average Bonchev–Trinajstić information content (AvgIpc) is 2.76. The SMILES string of the molecule is COc1cnc2ccc(Cl)c(OS(=O)(=O)C(F)(F)F)c2n1.O=c1[nH]c2ccccc2nc1Cl. The summed E-state index contributed by atoms with van der Waals surface area (Å²) in [6, 6.07) is 9.72. The van der Waals surface area contributed by atoms with Crippen molar-refractivity contribution >= 4 is 55.4 Å². The highest BCUT2D eigenvalue weighted by Gasteiger charge is 2.49. The first kappa shape index (κ1) is 24.5. The Morgan fingerprint density at radius 1 is 1.03 bits per heavy atom. The number of nitrogens with zero attached hydrogens (tertiary/aromatic N) is 3. The van der Waals surface area contributed by atoms with Crippen LogP contribution in [0.5, 0.6) is 11.6 Å². The maximum absolute atomic E-state index is 12.4. The molecule has 0 fully saturated rings. The maximum atomic E-state index is 12.4. The van der Waals surface area contributed by atoms with E-state index in [4.69, 9.17) is 27.9 Å². The molecular formula is C18H11Cl2F3N4O5S. The zero-order valence-corrected chi connectivity index (χ0v) is 18.6. The number of para-hydroxylation sites is 2. The summed E-state index contributed by atoms with van der Waals surface area (Å²) in [5.41, 5.74) is -4.73. The predicted molar refractivity (Wildman–Crippen MR) is 114 cm³/mol. The van der Waals surface area contributed by atoms with E-state index in [-0.39, 0.29) is 32.6 Å². The predicted octanol–water partition coefficient (Wildman–Crippen LogP) is 4.10. The largest absolute Gasteiger partial charge is 0.534 e. The van der Waals surface area contributed by atoms with E-state index in [1.165, 1.54) is 19.4 Å². The molecule has 0 amide bonds. The molecule has 0 aliphatic rings. The van der Waals surface area contributed by atoms with Gasteiger partial charge >= 0.3 is 15.6 Å². The van der Waals surface area contributed by atoms with Crippen LogP contribution in [0.4, 0.5) is 13.2 Å². The van der Waals surface area contributed by atoms with Crippen LogP contribution in [0.1, 0.15) is 0 Å². The lowest BCUT2D eigenvalue weighted by atomic mass is 10.3. The first-order chi connectivity index (χ1) is 15.4. The van der Waals surface area contributed by atoms with Gasteiger partial charge in [-0.05, 0) is 24.3 Å². The number of hydrogen-bond donors (Lipinski definition) is 1. The second-order valence-electron chi connectivity index (χ2n) is 6.01. The smallest absolute Gasteiger partial charge is 0.480 e. The lowest BCUT2D eigenvalue weighted by Gasteiger charge is -2.12. The van der Waals surface area contributed by atoms with Crippen LogP contribution < -0.4 is 14.5 Å². The van der Waals surface area contributed by atoms with Crippen molar-refractivity contribution in [2.75, 3.05) is 7.11 Å². The Balaban J connectivity index is 0.000000215. The van der Waals surface area contributed by atoms with Crippen molar-refractivity contribution < 1.29 is 30.5 Å². The maximum Gasteiger partial charge on any atom is 0.534 e. The molecule has 4 rings (SSSR count). The van der Waals surface area contributed by atoms with Gasteiger partial charge in [0.25, 0.3) is 5.56 Å². The molecule has 9 nitrogen and oxygen atoms in total. The summed E-state index contributed by atoms with van der Waals surface area (Å²) < 4.78 is 68.1. The fourth-order valence-corrected chi connectivity index (χ4v) is 3.21. The van der Waals surface area contributed by atoms with Gasteiger partial charge in [0.1, 0.15) is 5.52 Å². The minimum atomic E-state index is -5.88. The third-order valence-electron chi connectivity index (χ3n) is 3.84. The molecule has 15 heteroatoms. The number of hydrogen-bond acceptors (Lipinski definition) is 8. The molecule has 0 bridgehead atoms. The van der Waals surface area contributed by atoms with Crippen LogP contribution in [0.15, 0.2) is 47.4 Å². The summed E-state index contributed by atoms with van der Waals surface area (Å²) in [5.74, 6) is -0.808.